The highest BCUT2D eigenvalue weighted by molar-refractivity contribution is 5.75. The Morgan fingerprint density at radius 2 is 1.85 bits per heavy atom. The summed E-state index contributed by atoms with van der Waals surface area (Å²) in [5.74, 6) is -0.791. The van der Waals surface area contributed by atoms with Crippen molar-refractivity contribution in [1.82, 2.24) is 10.2 Å². The molecule has 0 aromatic heterocycles. The fraction of sp³-hybridized carbons (Fsp3) is 0.714. The van der Waals surface area contributed by atoms with Gasteiger partial charge in [0.05, 0.1) is 19.6 Å². The summed E-state index contributed by atoms with van der Waals surface area (Å²) in [7, 11) is 2.34. The normalized spacial score (nSPS) is 32.3. The molecule has 0 bridgehead atoms. The molecule has 26 heavy (non-hydrogen) atoms. The highest BCUT2D eigenvalue weighted by Gasteiger charge is 2.63. The highest BCUT2D eigenvalue weighted by Crippen LogP contribution is 2.42. The average Bonchev–Trinajstić information content (AvgIpc) is 2.46. The van der Waals surface area contributed by atoms with Gasteiger partial charge in [0.2, 0.25) is 5.91 Å². The molecule has 4 amide bonds. The van der Waals surface area contributed by atoms with E-state index in [1.54, 1.807) is 0 Å². The van der Waals surface area contributed by atoms with Crippen LogP contribution < -0.4 is 11.1 Å². The first-order chi connectivity index (χ1) is 11.8. The van der Waals surface area contributed by atoms with Crippen molar-refractivity contribution in [1.29, 1.82) is 0 Å². The van der Waals surface area contributed by atoms with Gasteiger partial charge in [0.25, 0.3) is 0 Å². The summed E-state index contributed by atoms with van der Waals surface area (Å²) in [6, 6.07) is -1.21. The van der Waals surface area contributed by atoms with Gasteiger partial charge in [-0.3, -0.25) is 15.0 Å². The number of nitrogens with zero attached hydrogens (tertiary/aromatic N) is 2. The number of quaternary nitrogens is 1. The minimum absolute atomic E-state index is 0.0776. The van der Waals surface area contributed by atoms with Gasteiger partial charge in [0.15, 0.2) is 6.17 Å². The Hall–Kier alpha value is -2.60. The molecule has 0 aromatic carbocycles. The van der Waals surface area contributed by atoms with Gasteiger partial charge < -0.3 is 26.2 Å². The second-order valence-electron chi connectivity index (χ2n) is 6.95. The number of likely N-dealkylation sites (N-methyl/N-ethyl adjacent to an activating group) is 2. The van der Waals surface area contributed by atoms with Crippen LogP contribution in [0.5, 0.6) is 0 Å². The van der Waals surface area contributed by atoms with Gasteiger partial charge >= 0.3 is 18.3 Å². The SMILES string of the molecule is CN(C(=O)O)C(NC(=O)O)C1CC(O)CC(C)(CC(N)=O)[N+]1(C)C(=O)O. The van der Waals surface area contributed by atoms with Crippen molar-refractivity contribution in [3.63, 3.8) is 0 Å². The van der Waals surface area contributed by atoms with Crippen molar-refractivity contribution in [2.24, 2.45) is 5.73 Å². The third-order valence-electron chi connectivity index (χ3n) is 5.28. The molecule has 1 aliphatic heterocycles. The number of hydrogen-bond acceptors (Lipinski definition) is 5. The number of nitrogens with one attached hydrogen (secondary N) is 1. The van der Waals surface area contributed by atoms with Crippen LogP contribution in [0.1, 0.15) is 26.2 Å². The highest BCUT2D eigenvalue weighted by atomic mass is 16.4. The summed E-state index contributed by atoms with van der Waals surface area (Å²) < 4.78 is -0.893. The van der Waals surface area contributed by atoms with Crippen LogP contribution in [0, 0.1) is 0 Å². The Morgan fingerprint density at radius 1 is 1.31 bits per heavy atom. The molecule has 5 unspecified atom stereocenters. The fourth-order valence-corrected chi connectivity index (χ4v) is 3.76. The maximum absolute atomic E-state index is 12.2. The monoisotopic (exact) mass is 377 g/mol. The van der Waals surface area contributed by atoms with Crippen LogP contribution in [-0.2, 0) is 4.79 Å². The largest absolute Gasteiger partial charge is 0.514 e. The van der Waals surface area contributed by atoms with Gasteiger partial charge in [-0.15, -0.1) is 0 Å². The van der Waals surface area contributed by atoms with Crippen molar-refractivity contribution in [3.05, 3.63) is 0 Å². The number of carbonyl (C=O) groups is 4. The van der Waals surface area contributed by atoms with E-state index in [0.717, 1.165) is 7.05 Å². The molecular weight excluding hydrogens is 352 g/mol. The zero-order valence-corrected chi connectivity index (χ0v) is 14.7. The average molecular weight is 377 g/mol. The molecule has 1 fully saturated rings. The third kappa shape index (κ3) is 3.80. The fourth-order valence-electron chi connectivity index (χ4n) is 3.76. The Labute approximate surface area is 149 Å². The lowest BCUT2D eigenvalue weighted by atomic mass is 9.77. The second kappa shape index (κ2) is 7.33. The summed E-state index contributed by atoms with van der Waals surface area (Å²) >= 11 is 0. The summed E-state index contributed by atoms with van der Waals surface area (Å²) in [4.78, 5) is 46.8. The number of amides is 4. The summed E-state index contributed by atoms with van der Waals surface area (Å²) in [5.41, 5.74) is 3.87. The topological polar surface area (TPSA) is 190 Å². The number of primary amides is 1. The van der Waals surface area contributed by atoms with Crippen molar-refractivity contribution in [2.75, 3.05) is 14.1 Å². The van der Waals surface area contributed by atoms with Crippen molar-refractivity contribution in [2.45, 2.75) is 50.0 Å². The van der Waals surface area contributed by atoms with E-state index in [4.69, 9.17) is 10.8 Å². The Kier molecular flexibility index (Phi) is 6.05. The van der Waals surface area contributed by atoms with Gasteiger partial charge in [-0.25, -0.2) is 14.1 Å². The molecule has 12 heteroatoms. The summed E-state index contributed by atoms with van der Waals surface area (Å²) in [5, 5.41) is 40.5. The van der Waals surface area contributed by atoms with Gasteiger partial charge in [-0.1, -0.05) is 0 Å². The molecule has 1 rings (SSSR count). The molecule has 1 aliphatic rings. The maximum Gasteiger partial charge on any atom is 0.514 e. The van der Waals surface area contributed by atoms with Crippen LogP contribution in [0.15, 0.2) is 0 Å². The van der Waals surface area contributed by atoms with E-state index >= 15 is 0 Å². The minimum Gasteiger partial charge on any atom is -0.465 e. The van der Waals surface area contributed by atoms with Crippen molar-refractivity contribution >= 4 is 24.2 Å². The number of nitrogens with two attached hydrogens (primary N) is 1. The Morgan fingerprint density at radius 3 is 2.23 bits per heavy atom. The van der Waals surface area contributed by atoms with Crippen LogP contribution in [0.25, 0.3) is 0 Å². The second-order valence-corrected chi connectivity index (χ2v) is 6.95. The predicted octanol–water partition coefficient (Wildman–Crippen LogP) is -0.528. The summed E-state index contributed by atoms with van der Waals surface area (Å²) in [6.07, 6.45) is -7.66. The number of rotatable bonds is 5. The molecular formula is C14H25N4O8+. The lowest BCUT2D eigenvalue weighted by Gasteiger charge is -2.55. The van der Waals surface area contributed by atoms with Crippen LogP contribution >= 0.6 is 0 Å². The third-order valence-corrected chi connectivity index (χ3v) is 5.28. The van der Waals surface area contributed by atoms with E-state index in [0.29, 0.717) is 4.90 Å². The Bertz CT molecular complexity index is 614. The predicted molar refractivity (Wildman–Crippen MR) is 86.2 cm³/mol. The number of aliphatic hydroxyl groups excluding tert-OH is 1. The van der Waals surface area contributed by atoms with Gasteiger partial charge in [-0.2, -0.15) is 4.79 Å². The van der Waals surface area contributed by atoms with E-state index < -0.39 is 52.5 Å². The molecule has 7 N–H and O–H groups in total. The molecule has 0 aliphatic carbocycles. The first-order valence-electron chi connectivity index (χ1n) is 7.77. The van der Waals surface area contributed by atoms with Crippen molar-refractivity contribution < 1.29 is 44.1 Å². The number of hydrogen-bond donors (Lipinski definition) is 6. The van der Waals surface area contributed by atoms with Crippen LogP contribution in [0.2, 0.25) is 0 Å². The van der Waals surface area contributed by atoms with E-state index in [1.165, 1.54) is 14.0 Å². The van der Waals surface area contributed by atoms with Crippen molar-refractivity contribution in [3.8, 4) is 0 Å². The molecule has 0 spiro atoms. The Balaban J connectivity index is 3.55. The molecule has 1 heterocycles. The molecule has 0 saturated carbocycles. The molecule has 148 valence electrons. The number of carboxylic acid groups (broad SMARTS) is 3. The number of carbonyl (C=O) groups excluding carboxylic acids is 1. The summed E-state index contributed by atoms with van der Waals surface area (Å²) in [6.45, 7) is 1.44. The zero-order valence-electron chi connectivity index (χ0n) is 14.7. The minimum atomic E-state index is -1.56. The quantitative estimate of drug-likeness (QED) is 0.272. The molecule has 0 aromatic rings. The van der Waals surface area contributed by atoms with Gasteiger partial charge in [0.1, 0.15) is 11.6 Å². The van der Waals surface area contributed by atoms with Gasteiger partial charge in [0, 0.05) is 19.9 Å². The van der Waals surface area contributed by atoms with Crippen LogP contribution in [0.3, 0.4) is 0 Å². The molecule has 5 atom stereocenters. The smallest absolute Gasteiger partial charge is 0.465 e. The van der Waals surface area contributed by atoms with E-state index in [9.17, 15) is 34.5 Å². The number of piperidine rings is 1. The molecule has 12 nitrogen and oxygen atoms in total. The van der Waals surface area contributed by atoms with Crippen LogP contribution in [-0.4, -0.2) is 91.9 Å². The zero-order chi connectivity index (χ0) is 20.4. The maximum atomic E-state index is 12.2. The number of aliphatic hydroxyl groups is 1. The molecule has 1 saturated heterocycles. The van der Waals surface area contributed by atoms with E-state index in [-0.39, 0.29) is 19.3 Å². The molecule has 0 radical (unpaired) electrons. The lowest BCUT2D eigenvalue weighted by molar-refractivity contribution is -0.922. The first kappa shape index (κ1) is 21.4. The van der Waals surface area contributed by atoms with E-state index in [2.05, 4.69) is 0 Å². The first-order valence-corrected chi connectivity index (χ1v) is 7.77. The lowest BCUT2D eigenvalue weighted by Crippen LogP contribution is -2.78. The van der Waals surface area contributed by atoms with Gasteiger partial charge in [-0.05, 0) is 6.92 Å². The van der Waals surface area contributed by atoms with E-state index in [1.807, 2.05) is 5.32 Å². The number of likely N-dealkylation sites (tertiary alicyclic amines) is 1. The van der Waals surface area contributed by atoms with Crippen LogP contribution in [0.4, 0.5) is 14.4 Å². The standard InChI is InChI=1S/C14H24N4O8/c1-14(6-9(15)20)5-7(19)4-8(18(14,3)13(25)26)10(16-11(21)22)17(2)12(23)24/h7-8,10,16,19H,4-6H2,1-3H3,(H4-,15,20,21,22,23,24,25,26)/p+1.